The van der Waals surface area contributed by atoms with Crippen LogP contribution in [-0.2, 0) is 11.2 Å². The van der Waals surface area contributed by atoms with Gasteiger partial charge in [0.1, 0.15) is 10.5 Å². The molecule has 1 heterocycles. The Labute approximate surface area is 137 Å². The highest BCUT2D eigenvalue weighted by atomic mass is 79.9. The molecular weight excluding hydrogens is 352 g/mol. The van der Waals surface area contributed by atoms with Crippen LogP contribution in [0.3, 0.4) is 0 Å². The number of thioether (sulfide) groups is 1. The maximum Gasteiger partial charge on any atom is 0.144 e. The van der Waals surface area contributed by atoms with Gasteiger partial charge in [0.25, 0.3) is 0 Å². The van der Waals surface area contributed by atoms with Gasteiger partial charge in [-0.25, -0.2) is 4.98 Å². The lowest BCUT2D eigenvalue weighted by Gasteiger charge is -2.21. The molecule has 0 saturated carbocycles. The second-order valence-corrected chi connectivity index (χ2v) is 7.76. The molecule has 1 aromatic carbocycles. The smallest absolute Gasteiger partial charge is 0.144 e. The van der Waals surface area contributed by atoms with Crippen molar-refractivity contribution in [2.24, 2.45) is 0 Å². The average molecular weight is 369 g/mol. The maximum atomic E-state index is 5.34. The van der Waals surface area contributed by atoms with Gasteiger partial charge in [-0.2, -0.15) is 0 Å². The molecule has 0 atom stereocenters. The van der Waals surface area contributed by atoms with Crippen molar-refractivity contribution < 1.29 is 0 Å². The largest absolute Gasteiger partial charge is 0.345 e. The Hall–Kier alpha value is -0.650. The molecule has 2 nitrogen and oxygen atoms in total. The summed E-state index contributed by atoms with van der Waals surface area (Å²) >= 11 is 10.6. The van der Waals surface area contributed by atoms with Crippen LogP contribution < -0.4 is 0 Å². The van der Waals surface area contributed by atoms with E-state index in [1.807, 2.05) is 18.2 Å². The summed E-state index contributed by atoms with van der Waals surface area (Å²) in [6.45, 7) is 6.48. The number of rotatable bonds is 3. The number of H-pyrrole nitrogens is 1. The van der Waals surface area contributed by atoms with Crippen molar-refractivity contribution >= 4 is 39.9 Å². The fourth-order valence-electron chi connectivity index (χ4n) is 1.76. The molecule has 0 amide bonds. The molecule has 0 bridgehead atoms. The van der Waals surface area contributed by atoms with E-state index < -0.39 is 0 Å². The van der Waals surface area contributed by atoms with Crippen molar-refractivity contribution in [2.75, 3.05) is 0 Å². The van der Waals surface area contributed by atoms with Gasteiger partial charge in [-0.1, -0.05) is 51.2 Å². The van der Waals surface area contributed by atoms with Gasteiger partial charge in [-0.05, 0) is 28.1 Å². The van der Waals surface area contributed by atoms with Gasteiger partial charge >= 0.3 is 0 Å². The topological polar surface area (TPSA) is 28.7 Å². The molecule has 106 valence electrons. The zero-order chi connectivity index (χ0) is 14.8. The van der Waals surface area contributed by atoms with Gasteiger partial charge in [0, 0.05) is 16.0 Å². The van der Waals surface area contributed by atoms with Crippen LogP contribution in [0.2, 0.25) is 0 Å². The first kappa shape index (κ1) is 15.7. The number of aromatic nitrogens is 2. The highest BCUT2D eigenvalue weighted by molar-refractivity contribution is 9.10. The molecule has 0 spiro atoms. The van der Waals surface area contributed by atoms with E-state index in [2.05, 4.69) is 58.8 Å². The summed E-state index contributed by atoms with van der Waals surface area (Å²) in [6, 6.07) is 10.3. The summed E-state index contributed by atoms with van der Waals surface area (Å²) in [5, 5.41) is 0. The summed E-state index contributed by atoms with van der Waals surface area (Å²) < 4.78 is 1.52. The lowest BCUT2D eigenvalue weighted by atomic mass is 9.92. The lowest BCUT2D eigenvalue weighted by molar-refractivity contribution is 0.559. The molecule has 0 aliphatic heterocycles. The Balaban J connectivity index is 2.25. The summed E-state index contributed by atoms with van der Waals surface area (Å²) in [5.74, 6) is 1.70. The molecule has 0 unspecified atom stereocenters. The van der Waals surface area contributed by atoms with E-state index in [0.717, 1.165) is 21.7 Å². The Bertz CT molecular complexity index is 645. The quantitative estimate of drug-likeness (QED) is 0.573. The maximum absolute atomic E-state index is 5.34. The van der Waals surface area contributed by atoms with E-state index in [9.17, 15) is 0 Å². The molecule has 1 N–H and O–H groups in total. The first-order valence-electron chi connectivity index (χ1n) is 6.35. The number of nitrogens with zero attached hydrogens (tertiary/aromatic N) is 1. The molecule has 0 fully saturated rings. The number of benzene rings is 1. The van der Waals surface area contributed by atoms with Crippen LogP contribution in [-0.4, -0.2) is 9.97 Å². The molecule has 0 saturated heterocycles. The highest BCUT2D eigenvalue weighted by Crippen LogP contribution is 2.29. The third kappa shape index (κ3) is 3.93. The summed E-state index contributed by atoms with van der Waals surface area (Å²) in [5.41, 5.74) is 1.10. The highest BCUT2D eigenvalue weighted by Gasteiger charge is 2.20. The first-order valence-corrected chi connectivity index (χ1v) is 8.53. The number of hydrogen-bond donors (Lipinski definition) is 1. The minimum Gasteiger partial charge on any atom is -0.345 e. The Morgan fingerprint density at radius 2 is 1.90 bits per heavy atom. The Kier molecular flexibility index (Phi) is 5.04. The molecule has 5 heteroatoms. The Morgan fingerprint density at radius 3 is 2.50 bits per heavy atom. The second-order valence-electron chi connectivity index (χ2n) is 5.53. The monoisotopic (exact) mass is 368 g/mol. The normalized spacial score (nSPS) is 11.6. The number of hydrogen-bond acceptors (Lipinski definition) is 3. The van der Waals surface area contributed by atoms with Crippen molar-refractivity contribution in [3.05, 3.63) is 51.0 Å². The van der Waals surface area contributed by atoms with E-state index in [4.69, 9.17) is 12.2 Å². The van der Waals surface area contributed by atoms with E-state index in [1.165, 1.54) is 4.90 Å². The van der Waals surface area contributed by atoms with Gasteiger partial charge in [0.2, 0.25) is 0 Å². The van der Waals surface area contributed by atoms with Gasteiger partial charge in [-0.3, -0.25) is 0 Å². The van der Waals surface area contributed by atoms with Crippen LogP contribution in [0, 0.1) is 4.64 Å². The third-order valence-corrected chi connectivity index (χ3v) is 5.14. The van der Waals surface area contributed by atoms with Gasteiger partial charge < -0.3 is 4.98 Å². The van der Waals surface area contributed by atoms with Crippen molar-refractivity contribution in [3.8, 4) is 0 Å². The van der Waals surface area contributed by atoms with E-state index >= 15 is 0 Å². The SMILES string of the molecule is CC(C)(C)c1[nH]c(CSc2ccccc2)nc(=S)c1Br. The molecule has 0 aliphatic rings. The molecule has 0 radical (unpaired) electrons. The van der Waals surface area contributed by atoms with Crippen molar-refractivity contribution in [3.63, 3.8) is 0 Å². The van der Waals surface area contributed by atoms with E-state index in [0.29, 0.717) is 4.64 Å². The van der Waals surface area contributed by atoms with Crippen molar-refractivity contribution in [2.45, 2.75) is 36.8 Å². The van der Waals surface area contributed by atoms with Crippen molar-refractivity contribution in [1.82, 2.24) is 9.97 Å². The van der Waals surface area contributed by atoms with Crippen LogP contribution in [0.4, 0.5) is 0 Å². The van der Waals surface area contributed by atoms with Crippen LogP contribution in [0.5, 0.6) is 0 Å². The van der Waals surface area contributed by atoms with Gasteiger partial charge in [-0.15, -0.1) is 11.8 Å². The standard InChI is InChI=1S/C15H17BrN2S2/c1-15(2,3)13-12(16)14(19)18-11(17-13)9-20-10-7-5-4-6-8-10/h4-8H,9H2,1-3H3,(H,17,18,19). The summed E-state index contributed by atoms with van der Waals surface area (Å²) in [6.07, 6.45) is 0. The fraction of sp³-hybridized carbons (Fsp3) is 0.333. The lowest BCUT2D eigenvalue weighted by Crippen LogP contribution is -2.16. The Morgan fingerprint density at radius 1 is 1.25 bits per heavy atom. The average Bonchev–Trinajstić information content (AvgIpc) is 2.40. The van der Waals surface area contributed by atoms with Crippen LogP contribution in [0.25, 0.3) is 0 Å². The summed E-state index contributed by atoms with van der Waals surface area (Å²) in [4.78, 5) is 9.10. The van der Waals surface area contributed by atoms with E-state index in [1.54, 1.807) is 11.8 Å². The predicted octanol–water partition coefficient (Wildman–Crippen LogP) is 5.49. The fourth-order valence-corrected chi connectivity index (χ4v) is 3.54. The molecule has 20 heavy (non-hydrogen) atoms. The molecular formula is C15H17BrN2S2. The zero-order valence-corrected chi connectivity index (χ0v) is 15.0. The number of halogens is 1. The number of nitrogens with one attached hydrogen (secondary N) is 1. The molecule has 2 aromatic rings. The molecule has 2 rings (SSSR count). The van der Waals surface area contributed by atoms with Gasteiger partial charge in [0.05, 0.1) is 10.2 Å². The zero-order valence-electron chi connectivity index (χ0n) is 11.7. The second kappa shape index (κ2) is 6.41. The van der Waals surface area contributed by atoms with E-state index in [-0.39, 0.29) is 5.41 Å². The van der Waals surface area contributed by atoms with Crippen LogP contribution in [0.15, 0.2) is 39.7 Å². The van der Waals surface area contributed by atoms with Crippen LogP contribution in [0.1, 0.15) is 32.3 Å². The molecule has 1 aromatic heterocycles. The minimum absolute atomic E-state index is 0.00149. The van der Waals surface area contributed by atoms with Crippen molar-refractivity contribution in [1.29, 1.82) is 0 Å². The third-order valence-electron chi connectivity index (χ3n) is 2.78. The first-order chi connectivity index (χ1) is 9.38. The summed E-state index contributed by atoms with van der Waals surface area (Å²) in [7, 11) is 0. The number of aromatic amines is 1. The molecule has 0 aliphatic carbocycles. The predicted molar refractivity (Wildman–Crippen MR) is 91.8 cm³/mol. The van der Waals surface area contributed by atoms with Crippen LogP contribution >= 0.6 is 39.9 Å². The minimum atomic E-state index is 0.00149. The van der Waals surface area contributed by atoms with Gasteiger partial charge in [0.15, 0.2) is 0 Å².